The van der Waals surface area contributed by atoms with Crippen molar-refractivity contribution < 1.29 is 21.6 Å². The normalized spacial score (nSPS) is 12.3. The van der Waals surface area contributed by atoms with Gasteiger partial charge >= 0.3 is 0 Å². The fourth-order valence-electron chi connectivity index (χ4n) is 3.31. The van der Waals surface area contributed by atoms with E-state index in [1.807, 2.05) is 26.8 Å². The molecule has 0 aliphatic heterocycles. The van der Waals surface area contributed by atoms with E-state index in [1.54, 1.807) is 56.3 Å². The van der Waals surface area contributed by atoms with Crippen LogP contribution in [-0.4, -0.2) is 23.9 Å². The van der Waals surface area contributed by atoms with Gasteiger partial charge in [0.1, 0.15) is 5.75 Å². The zero-order valence-corrected chi connectivity index (χ0v) is 21.8. The van der Waals surface area contributed by atoms with Crippen molar-refractivity contribution in [3.63, 3.8) is 0 Å². The molecule has 182 valence electrons. The van der Waals surface area contributed by atoms with E-state index in [-0.39, 0.29) is 20.9 Å². The van der Waals surface area contributed by atoms with E-state index in [1.165, 1.54) is 19.2 Å². The van der Waals surface area contributed by atoms with Crippen molar-refractivity contribution in [2.75, 3.05) is 16.6 Å². The zero-order valence-electron chi connectivity index (χ0n) is 20.1. The molecule has 0 saturated heterocycles. The first-order chi connectivity index (χ1) is 15.7. The van der Waals surface area contributed by atoms with Gasteiger partial charge in [0.2, 0.25) is 0 Å². The first-order valence-corrected chi connectivity index (χ1v) is 13.6. The fraction of sp³-hybridized carbons (Fsp3) is 0.280. The highest BCUT2D eigenvalue weighted by Crippen LogP contribution is 2.29. The van der Waals surface area contributed by atoms with Crippen LogP contribution in [0.1, 0.15) is 37.5 Å². The minimum atomic E-state index is -3.96. The van der Waals surface area contributed by atoms with Gasteiger partial charge in [-0.3, -0.25) is 9.44 Å². The Morgan fingerprint density at radius 3 is 1.94 bits per heavy atom. The molecule has 0 unspecified atom stereocenters. The topological polar surface area (TPSA) is 102 Å². The largest absolute Gasteiger partial charge is 0.497 e. The van der Waals surface area contributed by atoms with Gasteiger partial charge in [-0.2, -0.15) is 0 Å². The molecule has 0 fully saturated rings. The maximum atomic E-state index is 13.3. The Hall–Kier alpha value is -3.04. The smallest absolute Gasteiger partial charge is 0.262 e. The number of hydrogen-bond acceptors (Lipinski definition) is 5. The molecule has 0 aromatic heterocycles. The summed E-state index contributed by atoms with van der Waals surface area (Å²) in [5.41, 5.74) is 2.40. The van der Waals surface area contributed by atoms with Gasteiger partial charge in [-0.1, -0.05) is 39.0 Å². The van der Waals surface area contributed by atoms with Gasteiger partial charge in [-0.05, 0) is 78.4 Å². The van der Waals surface area contributed by atoms with Gasteiger partial charge in [-0.15, -0.1) is 0 Å². The number of benzene rings is 3. The van der Waals surface area contributed by atoms with Crippen LogP contribution in [0, 0.1) is 13.8 Å². The number of methoxy groups -OCH3 is 1. The van der Waals surface area contributed by atoms with Crippen LogP contribution in [0.5, 0.6) is 5.75 Å². The van der Waals surface area contributed by atoms with Gasteiger partial charge in [0.15, 0.2) is 0 Å². The summed E-state index contributed by atoms with van der Waals surface area (Å²) < 4.78 is 62.6. The van der Waals surface area contributed by atoms with Gasteiger partial charge in [-0.25, -0.2) is 16.8 Å². The summed E-state index contributed by atoms with van der Waals surface area (Å²) in [5, 5.41) is 0. The van der Waals surface area contributed by atoms with E-state index >= 15 is 0 Å². The van der Waals surface area contributed by atoms with E-state index in [0.717, 1.165) is 5.56 Å². The zero-order chi connectivity index (χ0) is 25.3. The van der Waals surface area contributed by atoms with Crippen molar-refractivity contribution in [1.29, 1.82) is 0 Å². The second kappa shape index (κ2) is 9.31. The number of ether oxygens (including phenoxy) is 1. The van der Waals surface area contributed by atoms with Gasteiger partial charge in [0.25, 0.3) is 20.0 Å². The molecule has 0 bridgehead atoms. The molecule has 2 N–H and O–H groups in total. The third-order valence-electron chi connectivity index (χ3n) is 5.45. The van der Waals surface area contributed by atoms with E-state index in [0.29, 0.717) is 22.6 Å². The molecule has 0 aliphatic rings. The maximum Gasteiger partial charge on any atom is 0.262 e. The van der Waals surface area contributed by atoms with Crippen molar-refractivity contribution >= 4 is 31.4 Å². The van der Waals surface area contributed by atoms with Crippen molar-refractivity contribution in [2.24, 2.45) is 0 Å². The van der Waals surface area contributed by atoms with Crippen LogP contribution in [0.4, 0.5) is 11.4 Å². The number of nitrogens with one attached hydrogen (secondary N) is 2. The molecule has 3 rings (SSSR count). The van der Waals surface area contributed by atoms with E-state index in [9.17, 15) is 16.8 Å². The highest BCUT2D eigenvalue weighted by atomic mass is 32.2. The molecule has 0 aliphatic carbocycles. The number of rotatable bonds is 7. The van der Waals surface area contributed by atoms with Crippen LogP contribution in [0.25, 0.3) is 0 Å². The van der Waals surface area contributed by atoms with Gasteiger partial charge < -0.3 is 4.74 Å². The Balaban J connectivity index is 1.94. The van der Waals surface area contributed by atoms with Gasteiger partial charge in [0, 0.05) is 5.69 Å². The predicted octanol–water partition coefficient (Wildman–Crippen LogP) is 5.21. The van der Waals surface area contributed by atoms with E-state index in [2.05, 4.69) is 9.44 Å². The summed E-state index contributed by atoms with van der Waals surface area (Å²) >= 11 is 0. The first kappa shape index (κ1) is 25.6. The fourth-order valence-corrected chi connectivity index (χ4v) is 5.79. The molecule has 34 heavy (non-hydrogen) atoms. The molecule has 0 radical (unpaired) electrons. The summed E-state index contributed by atoms with van der Waals surface area (Å²) in [4.78, 5) is 0.0933. The lowest BCUT2D eigenvalue weighted by molar-refractivity contribution is 0.415. The molecule has 9 heteroatoms. The summed E-state index contributed by atoms with van der Waals surface area (Å²) in [7, 11) is -6.39. The van der Waals surface area contributed by atoms with Crippen molar-refractivity contribution in [3.05, 3.63) is 77.4 Å². The lowest BCUT2D eigenvalue weighted by Crippen LogP contribution is -2.18. The summed E-state index contributed by atoms with van der Waals surface area (Å²) in [6, 6.07) is 16.1. The molecule has 0 atom stereocenters. The molecule has 0 spiro atoms. The maximum absolute atomic E-state index is 13.3. The molecule has 3 aromatic rings. The Morgan fingerprint density at radius 1 is 0.735 bits per heavy atom. The number of sulfonamides is 2. The summed E-state index contributed by atoms with van der Waals surface area (Å²) in [6.07, 6.45) is 0. The number of aryl methyl sites for hydroxylation is 2. The molecule has 0 heterocycles. The average Bonchev–Trinajstić information content (AvgIpc) is 2.74. The number of anilines is 2. The summed E-state index contributed by atoms with van der Waals surface area (Å²) in [6.45, 7) is 9.47. The van der Waals surface area contributed by atoms with Gasteiger partial charge in [0.05, 0.1) is 22.6 Å². The molecule has 3 aromatic carbocycles. The van der Waals surface area contributed by atoms with Crippen molar-refractivity contribution in [1.82, 2.24) is 0 Å². The molecule has 0 amide bonds. The SMILES string of the molecule is COc1ccc(NS(=O)(=O)c2ccc(C)c(NS(=O)(=O)c3cc(C(C)(C)C)ccc3C)c2)cc1. The lowest BCUT2D eigenvalue weighted by Gasteiger charge is -2.21. The van der Waals surface area contributed by atoms with Crippen molar-refractivity contribution in [2.45, 2.75) is 49.8 Å². The third-order valence-corrected chi connectivity index (χ3v) is 8.34. The third kappa shape index (κ3) is 5.71. The van der Waals surface area contributed by atoms with Crippen LogP contribution in [0.2, 0.25) is 0 Å². The second-order valence-corrected chi connectivity index (χ2v) is 12.5. The predicted molar refractivity (Wildman–Crippen MR) is 136 cm³/mol. The van der Waals surface area contributed by atoms with Crippen LogP contribution < -0.4 is 14.2 Å². The highest BCUT2D eigenvalue weighted by Gasteiger charge is 2.23. The standard InChI is InChI=1S/C25H30N2O5S2/c1-17-8-14-22(33(28,29)26-20-10-12-21(32-6)13-11-20)16-23(17)27-34(30,31)24-15-19(25(3,4)5)9-7-18(24)2/h7-16,26-27H,1-6H3. The van der Waals surface area contributed by atoms with Crippen LogP contribution in [-0.2, 0) is 25.5 Å². The van der Waals surface area contributed by atoms with Crippen LogP contribution in [0.3, 0.4) is 0 Å². The average molecular weight is 503 g/mol. The Kier molecular flexibility index (Phi) is 7.00. The van der Waals surface area contributed by atoms with E-state index < -0.39 is 20.0 Å². The molecule has 7 nitrogen and oxygen atoms in total. The van der Waals surface area contributed by atoms with E-state index in [4.69, 9.17) is 4.74 Å². The Labute approximate surface area is 202 Å². The molecule has 0 saturated carbocycles. The number of hydrogen-bond donors (Lipinski definition) is 2. The molecular weight excluding hydrogens is 472 g/mol. The molecular formula is C25H30N2O5S2. The highest BCUT2D eigenvalue weighted by molar-refractivity contribution is 7.93. The lowest BCUT2D eigenvalue weighted by atomic mass is 9.87. The minimum absolute atomic E-state index is 0.0632. The first-order valence-electron chi connectivity index (χ1n) is 10.6. The second-order valence-electron chi connectivity index (χ2n) is 9.15. The Bertz CT molecular complexity index is 1410. The Morgan fingerprint density at radius 2 is 1.35 bits per heavy atom. The van der Waals surface area contributed by atoms with Crippen LogP contribution in [0.15, 0.2) is 70.5 Å². The minimum Gasteiger partial charge on any atom is -0.497 e. The quantitative estimate of drug-likeness (QED) is 0.462. The van der Waals surface area contributed by atoms with Crippen LogP contribution >= 0.6 is 0 Å². The summed E-state index contributed by atoms with van der Waals surface area (Å²) in [5.74, 6) is 0.598. The van der Waals surface area contributed by atoms with Crippen molar-refractivity contribution in [3.8, 4) is 5.75 Å². The monoisotopic (exact) mass is 502 g/mol.